The second-order valence-corrected chi connectivity index (χ2v) is 14.9. The Hall–Kier alpha value is 0.960. The van der Waals surface area contributed by atoms with Crippen LogP contribution in [0.15, 0.2) is 0 Å². The van der Waals surface area contributed by atoms with Gasteiger partial charge in [0, 0.05) is 9.65 Å². The fraction of sp³-hybridized carbons (Fsp3) is 1.00. The summed E-state index contributed by atoms with van der Waals surface area (Å²) in [5.74, 6) is 4.08. The number of hydrogen-bond acceptors (Lipinski definition) is 0. The molecule has 4 atom stereocenters. The molecule has 2 heteroatoms. The molecule has 0 bridgehead atoms. The molecule has 3 aliphatic rings. The van der Waals surface area contributed by atoms with Crippen LogP contribution in [0.2, 0.25) is 0 Å². The molecule has 194 valence electrons. The summed E-state index contributed by atoms with van der Waals surface area (Å²) in [6, 6.07) is 0. The molecule has 0 nitrogen and oxygen atoms in total. The Morgan fingerprint density at radius 2 is 0.606 bits per heavy atom. The van der Waals surface area contributed by atoms with Crippen LogP contribution in [0.5, 0.6) is 0 Å². The first kappa shape index (κ1) is 28.5. The normalized spacial score (nSPS) is 38.0. The summed E-state index contributed by atoms with van der Waals surface area (Å²) in [5, 5.41) is 0. The first-order valence-electron chi connectivity index (χ1n) is 15.5. The third kappa shape index (κ3) is 11.7. The minimum Gasteiger partial charge on any atom is -0.0891 e. The molecule has 0 N–H and O–H groups in total. The topological polar surface area (TPSA) is 0 Å². The van der Waals surface area contributed by atoms with E-state index >= 15 is 0 Å². The van der Waals surface area contributed by atoms with E-state index in [2.05, 4.69) is 31.9 Å². The molecule has 33 heavy (non-hydrogen) atoms. The van der Waals surface area contributed by atoms with E-state index in [0.29, 0.717) is 0 Å². The number of hydrogen-bond donors (Lipinski definition) is 0. The highest BCUT2D eigenvalue weighted by molar-refractivity contribution is 9.09. The van der Waals surface area contributed by atoms with E-state index in [0.717, 1.165) is 33.3 Å². The minimum atomic E-state index is 0.790. The molecule has 4 unspecified atom stereocenters. The van der Waals surface area contributed by atoms with Crippen molar-refractivity contribution < 1.29 is 0 Å². The molecule has 3 fully saturated rings. The summed E-state index contributed by atoms with van der Waals surface area (Å²) in [6.07, 6.45) is 37.3. The van der Waals surface area contributed by atoms with E-state index in [1.807, 2.05) is 0 Å². The molecule has 3 rings (SSSR count). The van der Waals surface area contributed by atoms with Crippen LogP contribution in [0.1, 0.15) is 161 Å². The Balaban J connectivity index is 1.49. The average Bonchev–Trinajstić information content (AvgIpc) is 2.91. The smallest absolute Gasteiger partial charge is 0.0148 e. The molecular formula is C31H56Br2. The van der Waals surface area contributed by atoms with Gasteiger partial charge in [0.25, 0.3) is 0 Å². The second kappa shape index (κ2) is 17.4. The van der Waals surface area contributed by atoms with Crippen molar-refractivity contribution in [2.45, 2.75) is 170 Å². The van der Waals surface area contributed by atoms with Gasteiger partial charge in [0.2, 0.25) is 0 Å². The van der Waals surface area contributed by atoms with Crippen LogP contribution in [0, 0.1) is 23.7 Å². The van der Waals surface area contributed by atoms with Gasteiger partial charge < -0.3 is 0 Å². The van der Waals surface area contributed by atoms with Crippen molar-refractivity contribution in [3.8, 4) is 0 Å². The summed E-state index contributed by atoms with van der Waals surface area (Å²) in [4.78, 5) is 1.58. The highest BCUT2D eigenvalue weighted by Gasteiger charge is 2.26. The number of alkyl halides is 2. The van der Waals surface area contributed by atoms with Crippen molar-refractivity contribution in [2.24, 2.45) is 23.7 Å². The molecule has 0 aliphatic heterocycles. The third-order valence-corrected chi connectivity index (χ3v) is 11.5. The Morgan fingerprint density at radius 3 is 1.12 bits per heavy atom. The van der Waals surface area contributed by atoms with E-state index < -0.39 is 0 Å². The predicted octanol–water partition coefficient (Wildman–Crippen LogP) is 11.8. The van der Waals surface area contributed by atoms with E-state index in [-0.39, 0.29) is 0 Å². The van der Waals surface area contributed by atoms with Crippen LogP contribution >= 0.6 is 31.9 Å². The van der Waals surface area contributed by atoms with Gasteiger partial charge in [-0.3, -0.25) is 0 Å². The molecule has 0 saturated heterocycles. The van der Waals surface area contributed by atoms with Crippen molar-refractivity contribution in [1.29, 1.82) is 0 Å². The maximum atomic E-state index is 4.07. The van der Waals surface area contributed by atoms with Crippen LogP contribution in [0.4, 0.5) is 0 Å². The lowest BCUT2D eigenvalue weighted by atomic mass is 9.75. The van der Waals surface area contributed by atoms with E-state index in [1.54, 1.807) is 0 Å². The minimum absolute atomic E-state index is 0.790. The highest BCUT2D eigenvalue weighted by atomic mass is 79.9. The zero-order valence-corrected chi connectivity index (χ0v) is 25.1. The lowest BCUT2D eigenvalue weighted by Crippen LogP contribution is -2.20. The van der Waals surface area contributed by atoms with Gasteiger partial charge >= 0.3 is 0 Å². The van der Waals surface area contributed by atoms with Gasteiger partial charge in [-0.25, -0.2) is 0 Å². The fourth-order valence-corrected chi connectivity index (χ4v) is 9.00. The molecule has 0 spiro atoms. The summed E-state index contributed by atoms with van der Waals surface area (Å²) in [6.45, 7) is 0. The van der Waals surface area contributed by atoms with Crippen LogP contribution < -0.4 is 0 Å². The number of rotatable bonds is 2. The monoisotopic (exact) mass is 586 g/mol. The standard InChI is InChI=1S/C31H56Br2/c32-30-21-13-3-1-7-19-28(23-24-30)26-15-9-5-11-17-27(18-12-6-10-16-26)29-20-8-2-4-14-22-31(33)25-29/h26-31H,1-25H2. The predicted molar refractivity (Wildman–Crippen MR) is 155 cm³/mol. The van der Waals surface area contributed by atoms with Crippen molar-refractivity contribution >= 4 is 31.9 Å². The summed E-state index contributed by atoms with van der Waals surface area (Å²) in [5.41, 5.74) is 0. The van der Waals surface area contributed by atoms with Gasteiger partial charge in [-0.05, 0) is 55.8 Å². The molecule has 0 aromatic rings. The maximum absolute atomic E-state index is 4.07. The Kier molecular flexibility index (Phi) is 15.1. The second-order valence-electron chi connectivity index (χ2n) is 12.3. The van der Waals surface area contributed by atoms with E-state index in [1.165, 1.54) is 161 Å². The van der Waals surface area contributed by atoms with Gasteiger partial charge in [-0.2, -0.15) is 0 Å². The van der Waals surface area contributed by atoms with Crippen molar-refractivity contribution in [1.82, 2.24) is 0 Å². The molecule has 0 heterocycles. The van der Waals surface area contributed by atoms with Crippen LogP contribution in [-0.4, -0.2) is 9.65 Å². The van der Waals surface area contributed by atoms with Crippen LogP contribution in [-0.2, 0) is 0 Å². The van der Waals surface area contributed by atoms with Gasteiger partial charge in [0.15, 0.2) is 0 Å². The summed E-state index contributed by atoms with van der Waals surface area (Å²) in [7, 11) is 0. The lowest BCUT2D eigenvalue weighted by Gasteiger charge is -2.31. The van der Waals surface area contributed by atoms with Gasteiger partial charge in [-0.15, -0.1) is 0 Å². The SMILES string of the molecule is BrC1CCCCCCC(C2CCCCCC(C3CCCCCCC(Br)C3)CCCCC2)CC1. The third-order valence-electron chi connectivity index (χ3n) is 9.73. The molecule has 3 saturated carbocycles. The average molecular weight is 589 g/mol. The Morgan fingerprint density at radius 1 is 0.273 bits per heavy atom. The summed E-state index contributed by atoms with van der Waals surface area (Å²) >= 11 is 8.07. The quantitative estimate of drug-likeness (QED) is 0.282. The first-order valence-corrected chi connectivity index (χ1v) is 17.3. The highest BCUT2D eigenvalue weighted by Crippen LogP contribution is 2.39. The zero-order valence-electron chi connectivity index (χ0n) is 21.9. The van der Waals surface area contributed by atoms with Crippen molar-refractivity contribution in [3.05, 3.63) is 0 Å². The first-order chi connectivity index (χ1) is 16.2. The lowest BCUT2D eigenvalue weighted by molar-refractivity contribution is 0.217. The van der Waals surface area contributed by atoms with Gasteiger partial charge in [0.05, 0.1) is 0 Å². The molecule has 0 radical (unpaired) electrons. The largest absolute Gasteiger partial charge is 0.0891 e. The molecular weight excluding hydrogens is 532 g/mol. The Bertz CT molecular complexity index is 464. The van der Waals surface area contributed by atoms with Gasteiger partial charge in [-0.1, -0.05) is 160 Å². The molecule has 3 aliphatic carbocycles. The maximum Gasteiger partial charge on any atom is 0.0148 e. The van der Waals surface area contributed by atoms with Crippen molar-refractivity contribution in [2.75, 3.05) is 0 Å². The zero-order chi connectivity index (χ0) is 23.1. The molecule has 0 amide bonds. The number of halogens is 2. The summed E-state index contributed by atoms with van der Waals surface area (Å²) < 4.78 is 0. The molecule has 0 aromatic heterocycles. The van der Waals surface area contributed by atoms with Crippen molar-refractivity contribution in [3.63, 3.8) is 0 Å². The van der Waals surface area contributed by atoms with Gasteiger partial charge in [0.1, 0.15) is 0 Å². The fourth-order valence-electron chi connectivity index (χ4n) is 7.61. The van der Waals surface area contributed by atoms with Crippen LogP contribution in [0.3, 0.4) is 0 Å². The molecule has 0 aromatic carbocycles. The Labute approximate surface area is 224 Å². The van der Waals surface area contributed by atoms with E-state index in [9.17, 15) is 0 Å². The van der Waals surface area contributed by atoms with Crippen LogP contribution in [0.25, 0.3) is 0 Å². The van der Waals surface area contributed by atoms with E-state index in [4.69, 9.17) is 0 Å².